The van der Waals surface area contributed by atoms with Gasteiger partial charge in [0.1, 0.15) is 5.75 Å². The van der Waals surface area contributed by atoms with Crippen molar-refractivity contribution in [3.8, 4) is 5.75 Å². The van der Waals surface area contributed by atoms with Gasteiger partial charge in [-0.3, -0.25) is 9.69 Å². The number of hydrogen-bond acceptors (Lipinski definition) is 5. The highest BCUT2D eigenvalue weighted by Crippen LogP contribution is 2.13. The Balaban J connectivity index is 1.47. The molecule has 2 aromatic rings. The molecule has 6 heteroatoms. The summed E-state index contributed by atoms with van der Waals surface area (Å²) in [4.78, 5) is 21.0. The molecule has 128 valence electrons. The zero-order chi connectivity index (χ0) is 16.8. The van der Waals surface area contributed by atoms with Crippen molar-refractivity contribution in [3.05, 3.63) is 46.4 Å². The summed E-state index contributed by atoms with van der Waals surface area (Å²) in [5, 5.41) is 2.09. The molecular formula is C18H23N3O2S. The lowest BCUT2D eigenvalue weighted by Crippen LogP contribution is -2.38. The van der Waals surface area contributed by atoms with Crippen molar-refractivity contribution >= 4 is 17.2 Å². The number of amides is 1. The number of benzene rings is 1. The van der Waals surface area contributed by atoms with Gasteiger partial charge in [-0.25, -0.2) is 4.98 Å². The monoisotopic (exact) mass is 345 g/mol. The predicted molar refractivity (Wildman–Crippen MR) is 95.3 cm³/mol. The second-order valence-electron chi connectivity index (χ2n) is 6.10. The van der Waals surface area contributed by atoms with Gasteiger partial charge in [-0.15, -0.1) is 11.3 Å². The molecule has 1 aliphatic rings. The van der Waals surface area contributed by atoms with E-state index in [-0.39, 0.29) is 12.5 Å². The van der Waals surface area contributed by atoms with Gasteiger partial charge in [0.05, 0.1) is 11.2 Å². The molecule has 0 atom stereocenters. The van der Waals surface area contributed by atoms with Crippen molar-refractivity contribution in [2.45, 2.75) is 19.9 Å². The standard InChI is InChI=1S/C18H23N3O2S/c1-15-4-2-5-17(10-15)23-12-18(22)21-7-3-6-20(8-9-21)11-16-13-24-14-19-16/h2,4-5,10,13-14H,3,6-9,11-12H2,1H3. The summed E-state index contributed by atoms with van der Waals surface area (Å²) in [6.45, 7) is 6.42. The highest BCUT2D eigenvalue weighted by atomic mass is 32.1. The van der Waals surface area contributed by atoms with Gasteiger partial charge in [0.25, 0.3) is 5.91 Å². The molecular weight excluding hydrogens is 322 g/mol. The number of nitrogens with zero attached hydrogens (tertiary/aromatic N) is 3. The molecule has 1 aliphatic heterocycles. The number of ether oxygens (including phenoxy) is 1. The van der Waals surface area contributed by atoms with Crippen LogP contribution in [0.5, 0.6) is 5.75 Å². The molecule has 1 aromatic carbocycles. The Morgan fingerprint density at radius 3 is 3.00 bits per heavy atom. The van der Waals surface area contributed by atoms with Crippen LogP contribution in [0.3, 0.4) is 0 Å². The first kappa shape index (κ1) is 16.9. The maximum atomic E-state index is 12.4. The molecule has 2 heterocycles. The maximum absolute atomic E-state index is 12.4. The third-order valence-electron chi connectivity index (χ3n) is 4.16. The first-order valence-electron chi connectivity index (χ1n) is 8.27. The van der Waals surface area contributed by atoms with E-state index in [1.54, 1.807) is 11.3 Å². The molecule has 1 aromatic heterocycles. The van der Waals surface area contributed by atoms with Gasteiger partial charge in [-0.05, 0) is 31.0 Å². The van der Waals surface area contributed by atoms with Crippen molar-refractivity contribution < 1.29 is 9.53 Å². The van der Waals surface area contributed by atoms with Crippen LogP contribution >= 0.6 is 11.3 Å². The molecule has 0 unspecified atom stereocenters. The van der Waals surface area contributed by atoms with Crippen molar-refractivity contribution in [1.29, 1.82) is 0 Å². The lowest BCUT2D eigenvalue weighted by molar-refractivity contribution is -0.133. The van der Waals surface area contributed by atoms with Gasteiger partial charge in [-0.1, -0.05) is 12.1 Å². The van der Waals surface area contributed by atoms with Crippen molar-refractivity contribution in [1.82, 2.24) is 14.8 Å². The van der Waals surface area contributed by atoms with Gasteiger partial charge in [-0.2, -0.15) is 0 Å². The van der Waals surface area contributed by atoms with E-state index in [2.05, 4.69) is 15.3 Å². The Morgan fingerprint density at radius 2 is 2.21 bits per heavy atom. The summed E-state index contributed by atoms with van der Waals surface area (Å²) in [5.74, 6) is 0.815. The molecule has 0 bridgehead atoms. The molecule has 1 amide bonds. The second kappa shape index (κ2) is 8.26. The zero-order valence-electron chi connectivity index (χ0n) is 14.0. The van der Waals surface area contributed by atoms with E-state index in [9.17, 15) is 4.79 Å². The Labute approximate surface area is 146 Å². The number of thiazole rings is 1. The first-order valence-corrected chi connectivity index (χ1v) is 9.21. The molecule has 24 heavy (non-hydrogen) atoms. The molecule has 0 N–H and O–H groups in total. The summed E-state index contributed by atoms with van der Waals surface area (Å²) in [7, 11) is 0. The fraction of sp³-hybridized carbons (Fsp3) is 0.444. The third kappa shape index (κ3) is 4.79. The van der Waals surface area contributed by atoms with Gasteiger partial charge >= 0.3 is 0 Å². The van der Waals surface area contributed by atoms with Gasteiger partial charge < -0.3 is 9.64 Å². The molecule has 5 nitrogen and oxygen atoms in total. The fourth-order valence-electron chi connectivity index (χ4n) is 2.86. The first-order chi connectivity index (χ1) is 11.7. The van der Waals surface area contributed by atoms with Crippen LogP contribution in [0.25, 0.3) is 0 Å². The predicted octanol–water partition coefficient (Wildman–Crippen LogP) is 2.56. The Bertz CT molecular complexity index is 660. The number of carbonyl (C=O) groups excluding carboxylic acids is 1. The average molecular weight is 345 g/mol. The minimum absolute atomic E-state index is 0.0621. The lowest BCUT2D eigenvalue weighted by atomic mass is 10.2. The summed E-state index contributed by atoms with van der Waals surface area (Å²) in [6.07, 6.45) is 0.986. The molecule has 0 spiro atoms. The van der Waals surface area contributed by atoms with E-state index < -0.39 is 0 Å². The maximum Gasteiger partial charge on any atom is 0.260 e. The summed E-state index contributed by atoms with van der Waals surface area (Å²) >= 11 is 1.63. The average Bonchev–Trinajstić information content (AvgIpc) is 2.97. The highest BCUT2D eigenvalue weighted by Gasteiger charge is 2.19. The van der Waals surface area contributed by atoms with Crippen LogP contribution in [0, 0.1) is 6.92 Å². The SMILES string of the molecule is Cc1cccc(OCC(=O)N2CCCN(Cc3cscn3)CC2)c1. The minimum atomic E-state index is 0.0621. The van der Waals surface area contributed by atoms with E-state index in [0.29, 0.717) is 0 Å². The van der Waals surface area contributed by atoms with Crippen molar-refractivity contribution in [2.75, 3.05) is 32.8 Å². The number of aryl methyl sites for hydroxylation is 1. The van der Waals surface area contributed by atoms with E-state index in [0.717, 1.165) is 56.2 Å². The normalized spacial score (nSPS) is 16.0. The smallest absolute Gasteiger partial charge is 0.260 e. The summed E-state index contributed by atoms with van der Waals surface area (Å²) in [6, 6.07) is 7.79. The summed E-state index contributed by atoms with van der Waals surface area (Å²) < 4.78 is 5.64. The van der Waals surface area contributed by atoms with Crippen molar-refractivity contribution in [2.24, 2.45) is 0 Å². The third-order valence-corrected chi connectivity index (χ3v) is 4.80. The highest BCUT2D eigenvalue weighted by molar-refractivity contribution is 7.07. The van der Waals surface area contributed by atoms with E-state index in [1.807, 2.05) is 41.6 Å². The van der Waals surface area contributed by atoms with E-state index >= 15 is 0 Å². The van der Waals surface area contributed by atoms with Crippen LogP contribution < -0.4 is 4.74 Å². The topological polar surface area (TPSA) is 45.7 Å². The Kier molecular flexibility index (Phi) is 5.82. The summed E-state index contributed by atoms with van der Waals surface area (Å²) in [5.41, 5.74) is 4.11. The van der Waals surface area contributed by atoms with Crippen LogP contribution in [0.4, 0.5) is 0 Å². The molecule has 1 saturated heterocycles. The number of rotatable bonds is 5. The van der Waals surface area contributed by atoms with E-state index in [4.69, 9.17) is 4.74 Å². The van der Waals surface area contributed by atoms with E-state index in [1.165, 1.54) is 0 Å². The molecule has 0 radical (unpaired) electrons. The van der Waals surface area contributed by atoms with Gasteiger partial charge in [0.2, 0.25) is 0 Å². The number of carbonyl (C=O) groups is 1. The number of aromatic nitrogens is 1. The molecule has 0 saturated carbocycles. The molecule has 1 fully saturated rings. The zero-order valence-corrected chi connectivity index (χ0v) is 14.8. The molecule has 3 rings (SSSR count). The van der Waals surface area contributed by atoms with Crippen molar-refractivity contribution in [3.63, 3.8) is 0 Å². The quantitative estimate of drug-likeness (QED) is 0.835. The van der Waals surface area contributed by atoms with Gasteiger partial charge in [0.15, 0.2) is 6.61 Å². The van der Waals surface area contributed by atoms with Crippen LogP contribution in [0.15, 0.2) is 35.2 Å². The largest absolute Gasteiger partial charge is 0.484 e. The second-order valence-corrected chi connectivity index (χ2v) is 6.81. The van der Waals surface area contributed by atoms with Crippen LogP contribution in [-0.4, -0.2) is 53.5 Å². The minimum Gasteiger partial charge on any atom is -0.484 e. The van der Waals surface area contributed by atoms with Gasteiger partial charge in [0, 0.05) is 38.1 Å². The molecule has 0 aliphatic carbocycles. The number of hydrogen-bond donors (Lipinski definition) is 0. The van der Waals surface area contributed by atoms with Crippen LogP contribution in [0.1, 0.15) is 17.7 Å². The van der Waals surface area contributed by atoms with Crippen LogP contribution in [0.2, 0.25) is 0 Å². The van der Waals surface area contributed by atoms with Crippen LogP contribution in [-0.2, 0) is 11.3 Å². The Morgan fingerprint density at radius 1 is 1.29 bits per heavy atom. The Hall–Kier alpha value is -1.92. The lowest BCUT2D eigenvalue weighted by Gasteiger charge is -2.21. The fourth-order valence-corrected chi connectivity index (χ4v) is 3.41.